The molecule has 2 heterocycles. The van der Waals surface area contributed by atoms with Crippen LogP contribution in [0.1, 0.15) is 30.4 Å². The molecule has 1 atom stereocenters. The molecular formula is C23H26N2. The molecule has 2 heteroatoms. The lowest BCUT2D eigenvalue weighted by Crippen LogP contribution is -2.20. The SMILES string of the molecule is c1ccc(CN2CCC(CCCc3ccc4cnccc4c3)C2)cc1. The van der Waals surface area contributed by atoms with Gasteiger partial charge in [0.2, 0.25) is 0 Å². The average Bonchev–Trinajstić information content (AvgIpc) is 3.10. The summed E-state index contributed by atoms with van der Waals surface area (Å²) in [6, 6.07) is 19.8. The van der Waals surface area contributed by atoms with Gasteiger partial charge in [-0.2, -0.15) is 0 Å². The molecule has 1 aliphatic rings. The molecule has 0 bridgehead atoms. The molecular weight excluding hydrogens is 304 g/mol. The van der Waals surface area contributed by atoms with E-state index >= 15 is 0 Å². The third kappa shape index (κ3) is 4.26. The van der Waals surface area contributed by atoms with Crippen LogP contribution in [0, 0.1) is 5.92 Å². The summed E-state index contributed by atoms with van der Waals surface area (Å²) in [4.78, 5) is 6.80. The second-order valence-corrected chi connectivity index (χ2v) is 7.32. The zero-order chi connectivity index (χ0) is 16.9. The van der Waals surface area contributed by atoms with E-state index in [0.29, 0.717) is 0 Å². The molecule has 2 aromatic carbocycles. The molecule has 0 saturated carbocycles. The molecule has 0 amide bonds. The number of aromatic nitrogens is 1. The van der Waals surface area contributed by atoms with Crippen molar-refractivity contribution in [2.24, 2.45) is 5.92 Å². The standard InChI is InChI=1S/C23H26N2/c1-2-5-20(6-3-1)17-25-14-12-21(18-25)8-4-7-19-9-10-23-16-24-13-11-22(23)15-19/h1-3,5-6,9-11,13,15-16,21H,4,7-8,12,14,17-18H2. The predicted molar refractivity (Wildman–Crippen MR) is 105 cm³/mol. The minimum Gasteiger partial charge on any atom is -0.299 e. The third-order valence-corrected chi connectivity index (χ3v) is 5.40. The Bertz CT molecular complexity index is 812. The number of hydrogen-bond donors (Lipinski definition) is 0. The van der Waals surface area contributed by atoms with Gasteiger partial charge in [-0.05, 0) is 60.7 Å². The second-order valence-electron chi connectivity index (χ2n) is 7.32. The van der Waals surface area contributed by atoms with Crippen LogP contribution in [-0.2, 0) is 13.0 Å². The van der Waals surface area contributed by atoms with E-state index in [0.717, 1.165) is 12.5 Å². The van der Waals surface area contributed by atoms with Gasteiger partial charge < -0.3 is 0 Å². The Morgan fingerprint density at radius 2 is 1.88 bits per heavy atom. The van der Waals surface area contributed by atoms with Crippen molar-refractivity contribution in [2.75, 3.05) is 13.1 Å². The lowest BCUT2D eigenvalue weighted by atomic mass is 9.98. The normalized spacial score (nSPS) is 18.0. The lowest BCUT2D eigenvalue weighted by Gasteiger charge is -2.16. The molecule has 0 spiro atoms. The van der Waals surface area contributed by atoms with E-state index in [1.807, 2.05) is 12.4 Å². The minimum atomic E-state index is 0.869. The highest BCUT2D eigenvalue weighted by Crippen LogP contribution is 2.24. The Morgan fingerprint density at radius 3 is 2.80 bits per heavy atom. The van der Waals surface area contributed by atoms with Crippen molar-refractivity contribution in [3.8, 4) is 0 Å². The molecule has 0 aliphatic carbocycles. The molecule has 1 saturated heterocycles. The minimum absolute atomic E-state index is 0.869. The van der Waals surface area contributed by atoms with Gasteiger partial charge in [0.1, 0.15) is 0 Å². The summed E-state index contributed by atoms with van der Waals surface area (Å²) in [5, 5.41) is 2.54. The maximum Gasteiger partial charge on any atom is 0.0346 e. The van der Waals surface area contributed by atoms with Crippen molar-refractivity contribution in [1.29, 1.82) is 0 Å². The van der Waals surface area contributed by atoms with Crippen LogP contribution in [0.3, 0.4) is 0 Å². The summed E-state index contributed by atoms with van der Waals surface area (Å²) in [6.45, 7) is 3.62. The van der Waals surface area contributed by atoms with Crippen LogP contribution >= 0.6 is 0 Å². The van der Waals surface area contributed by atoms with Crippen LogP contribution in [0.5, 0.6) is 0 Å². The van der Waals surface area contributed by atoms with Crippen LogP contribution in [0.4, 0.5) is 0 Å². The smallest absolute Gasteiger partial charge is 0.0346 e. The summed E-state index contributed by atoms with van der Waals surface area (Å²) < 4.78 is 0. The first-order valence-electron chi connectivity index (χ1n) is 9.46. The van der Waals surface area contributed by atoms with Crippen LogP contribution in [0.2, 0.25) is 0 Å². The summed E-state index contributed by atoms with van der Waals surface area (Å²) in [7, 11) is 0. The molecule has 0 radical (unpaired) electrons. The lowest BCUT2D eigenvalue weighted by molar-refractivity contribution is 0.312. The zero-order valence-electron chi connectivity index (χ0n) is 14.8. The monoisotopic (exact) mass is 330 g/mol. The molecule has 1 unspecified atom stereocenters. The van der Waals surface area contributed by atoms with E-state index in [9.17, 15) is 0 Å². The van der Waals surface area contributed by atoms with Crippen molar-refractivity contribution < 1.29 is 0 Å². The molecule has 25 heavy (non-hydrogen) atoms. The van der Waals surface area contributed by atoms with Gasteiger partial charge in [0.25, 0.3) is 0 Å². The van der Waals surface area contributed by atoms with Gasteiger partial charge in [-0.25, -0.2) is 0 Å². The van der Waals surface area contributed by atoms with Crippen LogP contribution in [-0.4, -0.2) is 23.0 Å². The zero-order valence-corrected chi connectivity index (χ0v) is 14.8. The first-order chi connectivity index (χ1) is 12.4. The summed E-state index contributed by atoms with van der Waals surface area (Å²) in [5.41, 5.74) is 2.90. The Morgan fingerprint density at radius 1 is 0.960 bits per heavy atom. The quantitative estimate of drug-likeness (QED) is 0.626. The summed E-state index contributed by atoms with van der Waals surface area (Å²) in [6.07, 6.45) is 9.01. The molecule has 3 aromatic rings. The largest absolute Gasteiger partial charge is 0.299 e. The maximum absolute atomic E-state index is 4.19. The fourth-order valence-corrected chi connectivity index (χ4v) is 4.02. The number of hydrogen-bond acceptors (Lipinski definition) is 2. The van der Waals surface area contributed by atoms with Gasteiger partial charge in [-0.1, -0.05) is 48.5 Å². The number of likely N-dealkylation sites (tertiary alicyclic amines) is 1. The van der Waals surface area contributed by atoms with Crippen LogP contribution < -0.4 is 0 Å². The molecule has 128 valence electrons. The Labute approximate surface area is 150 Å². The van der Waals surface area contributed by atoms with Gasteiger partial charge in [0.15, 0.2) is 0 Å². The summed E-state index contributed by atoms with van der Waals surface area (Å²) in [5.74, 6) is 0.869. The molecule has 2 nitrogen and oxygen atoms in total. The van der Waals surface area contributed by atoms with Gasteiger partial charge >= 0.3 is 0 Å². The van der Waals surface area contributed by atoms with Crippen molar-refractivity contribution in [2.45, 2.75) is 32.2 Å². The van der Waals surface area contributed by atoms with Gasteiger partial charge in [-0.3, -0.25) is 9.88 Å². The van der Waals surface area contributed by atoms with Crippen LogP contribution in [0.15, 0.2) is 67.0 Å². The van der Waals surface area contributed by atoms with Crippen molar-refractivity contribution in [1.82, 2.24) is 9.88 Å². The topological polar surface area (TPSA) is 16.1 Å². The van der Waals surface area contributed by atoms with E-state index < -0.39 is 0 Å². The number of benzene rings is 2. The van der Waals surface area contributed by atoms with Crippen molar-refractivity contribution >= 4 is 10.8 Å². The number of rotatable bonds is 6. The Hall–Kier alpha value is -2.19. The van der Waals surface area contributed by atoms with E-state index in [-0.39, 0.29) is 0 Å². The highest BCUT2D eigenvalue weighted by atomic mass is 15.1. The Kier molecular flexibility index (Phi) is 5.08. The first kappa shape index (κ1) is 16.3. The van der Waals surface area contributed by atoms with Gasteiger partial charge in [0.05, 0.1) is 0 Å². The summed E-state index contributed by atoms with van der Waals surface area (Å²) >= 11 is 0. The predicted octanol–water partition coefficient (Wildman–Crippen LogP) is 5.08. The maximum atomic E-state index is 4.19. The molecule has 1 aromatic heterocycles. The van der Waals surface area contributed by atoms with Crippen molar-refractivity contribution in [3.05, 3.63) is 78.1 Å². The number of fused-ring (bicyclic) bond motifs is 1. The Balaban J connectivity index is 1.25. The molecule has 1 aliphatic heterocycles. The van der Waals surface area contributed by atoms with E-state index in [2.05, 4.69) is 64.5 Å². The second kappa shape index (κ2) is 7.79. The fraction of sp³-hybridized carbons (Fsp3) is 0.348. The number of aryl methyl sites for hydroxylation is 1. The number of nitrogens with zero attached hydrogens (tertiary/aromatic N) is 2. The van der Waals surface area contributed by atoms with Crippen LogP contribution in [0.25, 0.3) is 10.8 Å². The fourth-order valence-electron chi connectivity index (χ4n) is 4.02. The molecule has 4 rings (SSSR count). The van der Waals surface area contributed by atoms with Crippen molar-refractivity contribution in [3.63, 3.8) is 0 Å². The van der Waals surface area contributed by atoms with Gasteiger partial charge in [-0.15, -0.1) is 0 Å². The van der Waals surface area contributed by atoms with E-state index in [1.54, 1.807) is 0 Å². The van der Waals surface area contributed by atoms with Gasteiger partial charge in [0, 0.05) is 30.9 Å². The highest BCUT2D eigenvalue weighted by molar-refractivity contribution is 5.81. The average molecular weight is 330 g/mol. The number of pyridine rings is 1. The van der Waals surface area contributed by atoms with E-state index in [1.165, 1.54) is 60.7 Å². The molecule has 1 fully saturated rings. The highest BCUT2D eigenvalue weighted by Gasteiger charge is 2.21. The van der Waals surface area contributed by atoms with E-state index in [4.69, 9.17) is 0 Å². The third-order valence-electron chi connectivity index (χ3n) is 5.40. The first-order valence-corrected chi connectivity index (χ1v) is 9.46. The molecule has 0 N–H and O–H groups in total.